The molecule has 5 N–H and O–H groups in total. The fourth-order valence-electron chi connectivity index (χ4n) is 11.1. The van der Waals surface area contributed by atoms with Crippen LogP contribution in [0.2, 0.25) is 0 Å². The second-order valence-corrected chi connectivity index (χ2v) is 31.8. The number of nitrogens with one attached hydrogen (secondary N) is 4. The number of rotatable bonds is 22. The fraction of sp³-hybridized carbons (Fsp3) is 0.257. The molecule has 0 spiro atoms. The van der Waals surface area contributed by atoms with E-state index >= 15 is 0 Å². The molecule has 33 heteroatoms. The molecule has 0 saturated heterocycles. The average molecular weight is 1480 g/mol. The fourth-order valence-corrected chi connectivity index (χ4v) is 14.4. The van der Waals surface area contributed by atoms with Gasteiger partial charge in [-0.25, -0.2) is 67.4 Å². The lowest BCUT2D eigenvalue weighted by atomic mass is 9.85. The summed E-state index contributed by atoms with van der Waals surface area (Å²) in [7, 11) is -10.6. The van der Waals surface area contributed by atoms with Crippen molar-refractivity contribution in [1.29, 1.82) is 0 Å². The van der Waals surface area contributed by atoms with Crippen molar-refractivity contribution in [3.8, 4) is 17.1 Å². The summed E-state index contributed by atoms with van der Waals surface area (Å²) in [4.78, 5) is 65.3. The van der Waals surface area contributed by atoms with Crippen LogP contribution in [0.25, 0.3) is 49.8 Å². The topological polar surface area (TPSA) is 353 Å². The van der Waals surface area contributed by atoms with Gasteiger partial charge in [-0.1, -0.05) is 27.7 Å². The number of carbonyl (C=O) groups is 3. The molecule has 103 heavy (non-hydrogen) atoms. The number of pyridine rings is 5. The Hall–Kier alpha value is -10.7. The summed E-state index contributed by atoms with van der Waals surface area (Å²) in [5, 5.41) is 36.4. The zero-order chi connectivity index (χ0) is 74.4. The summed E-state index contributed by atoms with van der Waals surface area (Å²) in [6.07, 6.45) is 22.1. The Morgan fingerprint density at radius 3 is 1.31 bits per heavy atom. The number of benzene rings is 3. The Balaban J connectivity index is 0.000000166. The van der Waals surface area contributed by atoms with Gasteiger partial charge in [-0.05, 0) is 148 Å². The van der Waals surface area contributed by atoms with Crippen molar-refractivity contribution >= 4 is 97.1 Å². The van der Waals surface area contributed by atoms with E-state index in [0.717, 1.165) is 30.1 Å². The van der Waals surface area contributed by atoms with Crippen molar-refractivity contribution in [1.82, 2.24) is 75.2 Å². The van der Waals surface area contributed by atoms with Crippen LogP contribution in [0.1, 0.15) is 114 Å². The summed E-state index contributed by atoms with van der Waals surface area (Å²) in [5.41, 5.74) is 3.11. The van der Waals surface area contributed by atoms with E-state index in [1.807, 2.05) is 27.7 Å². The van der Waals surface area contributed by atoms with Gasteiger partial charge in [0.1, 0.15) is 23.3 Å². The van der Waals surface area contributed by atoms with Crippen LogP contribution in [0.5, 0.6) is 0 Å². The number of aliphatic hydroxyl groups is 1. The van der Waals surface area contributed by atoms with E-state index in [1.54, 1.807) is 107 Å². The molecule has 0 atom stereocenters. The summed E-state index contributed by atoms with van der Waals surface area (Å²) >= 11 is 1.06. The van der Waals surface area contributed by atoms with Crippen molar-refractivity contribution in [3.05, 3.63) is 215 Å². The first-order valence-electron chi connectivity index (χ1n) is 31.9. The highest BCUT2D eigenvalue weighted by molar-refractivity contribution is 7.92. The summed E-state index contributed by atoms with van der Waals surface area (Å²) in [6.45, 7) is 11.1. The van der Waals surface area contributed by atoms with Gasteiger partial charge in [-0.3, -0.25) is 29.3 Å². The van der Waals surface area contributed by atoms with Crippen LogP contribution in [0.3, 0.4) is 0 Å². The Labute approximate surface area is 594 Å². The molecule has 12 aromatic rings. The minimum atomic E-state index is -3.62. The number of amides is 3. The van der Waals surface area contributed by atoms with E-state index in [1.165, 1.54) is 85.7 Å². The van der Waals surface area contributed by atoms with Gasteiger partial charge in [0.2, 0.25) is 14.2 Å². The Morgan fingerprint density at radius 1 is 0.505 bits per heavy atom. The third kappa shape index (κ3) is 17.1. The van der Waals surface area contributed by atoms with Gasteiger partial charge in [0.25, 0.3) is 17.7 Å². The molecule has 0 aliphatic rings. The molecule has 0 radical (unpaired) electrons. The number of thiazole rings is 1. The van der Waals surface area contributed by atoms with Crippen molar-refractivity contribution in [2.24, 2.45) is 0 Å². The average Bonchev–Trinajstić information content (AvgIpc) is 1.71. The minimum absolute atomic E-state index is 0.0161. The highest BCUT2D eigenvalue weighted by atomic mass is 32.2. The molecule has 9 heterocycles. The number of sulfone groups is 3. The molecule has 0 aliphatic heterocycles. The van der Waals surface area contributed by atoms with E-state index in [-0.39, 0.29) is 68.1 Å². The van der Waals surface area contributed by atoms with Crippen LogP contribution in [0, 0.1) is 17.5 Å². The largest absolute Gasteiger partial charge is 0.389 e. The van der Waals surface area contributed by atoms with Gasteiger partial charge in [-0.15, -0.1) is 11.3 Å². The first-order chi connectivity index (χ1) is 48.8. The number of fused-ring (bicyclic) bond motifs is 3. The zero-order valence-corrected chi connectivity index (χ0v) is 60.4. The monoisotopic (exact) mass is 1480 g/mol. The standard InChI is InChI=1S/C24H25FN6O4S.C24H24FN5O3S.C22H22FN5O3S2/c1-24(2,33)14-28-21-8-15(9-22(30-21)36(3,34)35)10-27-23(32)19-11-26-13-20-18(19)12-29-31(20)17-6-4-16(25)5-7-17;1-4-24(5-2,16-10-11-27-22(12-16)34(3,32)33)29-23(31)20-13-26-15-21-19(20)14-28-30(21)18-8-6-17(25)7-9-18;1-4-22(5-2,19-13-25-21(32-19)33(3,30)31)27-20(29)17-10-24-12-18-16(17)11-26-28(18)15-8-6-14(23)7-9-15/h4-9,11-13,33H,10,14H2,1-3H3,(H,27,32)(H,28,30);6-15H,4-5H2,1-3H3,(H,29,31);6-13H,4-5H2,1-3H3,(H,27,29). The minimum Gasteiger partial charge on any atom is -0.389 e. The number of aromatic nitrogens is 12. The highest BCUT2D eigenvalue weighted by Crippen LogP contribution is 2.36. The quantitative estimate of drug-likeness (QED) is 0.0421. The maximum Gasteiger partial charge on any atom is 0.254 e. The lowest BCUT2D eigenvalue weighted by molar-refractivity contribution is 0.0883. The van der Waals surface area contributed by atoms with Gasteiger partial charge in [0.05, 0.1) is 109 Å². The van der Waals surface area contributed by atoms with Gasteiger partial charge < -0.3 is 26.4 Å². The lowest BCUT2D eigenvalue weighted by Crippen LogP contribution is -2.45. The SMILES string of the molecule is CC(C)(O)CNc1cc(CNC(=O)c2cncc3c2cnn3-c2ccc(F)cc2)cc(S(C)(=O)=O)n1.CCC(CC)(NC(=O)c1cncc2c1cnn2-c1ccc(F)cc1)c1ccnc(S(C)(=O)=O)c1.CCC(CC)(NC(=O)c1cncc2c1cnn2-c1ccc(F)cc1)c1cnc(S(C)(=O)=O)s1. The Morgan fingerprint density at radius 2 is 0.922 bits per heavy atom. The molecule has 0 bridgehead atoms. The second-order valence-electron chi connectivity index (χ2n) is 24.7. The van der Waals surface area contributed by atoms with Crippen LogP contribution in [-0.2, 0) is 47.1 Å². The number of hydrogen-bond acceptors (Lipinski definition) is 21. The summed E-state index contributed by atoms with van der Waals surface area (Å²) in [5.74, 6) is -1.98. The smallest absolute Gasteiger partial charge is 0.254 e. The van der Waals surface area contributed by atoms with E-state index in [0.29, 0.717) is 103 Å². The first-order valence-corrected chi connectivity index (χ1v) is 38.4. The van der Waals surface area contributed by atoms with E-state index in [4.69, 9.17) is 0 Å². The predicted octanol–water partition coefficient (Wildman–Crippen LogP) is 10.1. The molecule has 12 rings (SSSR count). The van der Waals surface area contributed by atoms with Gasteiger partial charge in [-0.2, -0.15) is 15.3 Å². The normalized spacial score (nSPS) is 12.1. The van der Waals surface area contributed by atoms with E-state index < -0.39 is 52.1 Å². The van der Waals surface area contributed by atoms with Crippen molar-refractivity contribution in [3.63, 3.8) is 0 Å². The number of carbonyl (C=O) groups excluding carboxylic acids is 3. The molecular weight excluding hydrogens is 1410 g/mol. The van der Waals surface area contributed by atoms with Gasteiger partial charge in [0, 0.05) is 79.0 Å². The number of hydrogen-bond donors (Lipinski definition) is 5. The third-order valence-corrected chi connectivity index (χ3v) is 21.7. The molecule has 3 aromatic carbocycles. The van der Waals surface area contributed by atoms with Crippen molar-refractivity contribution in [2.45, 2.75) is 105 Å². The summed E-state index contributed by atoms with van der Waals surface area (Å²) < 4.78 is 117. The molecule has 26 nitrogen and oxygen atoms in total. The number of anilines is 1. The predicted molar refractivity (Wildman–Crippen MR) is 382 cm³/mol. The van der Waals surface area contributed by atoms with E-state index in [9.17, 15) is 57.9 Å². The van der Waals surface area contributed by atoms with Crippen molar-refractivity contribution in [2.75, 3.05) is 30.6 Å². The molecule has 0 unspecified atom stereocenters. The second kappa shape index (κ2) is 30.4. The van der Waals surface area contributed by atoms with Crippen LogP contribution in [0.15, 0.2) is 180 Å². The molecule has 536 valence electrons. The van der Waals surface area contributed by atoms with Crippen LogP contribution in [-0.4, -0.2) is 138 Å². The first kappa shape index (κ1) is 74.9. The number of halogens is 3. The van der Waals surface area contributed by atoms with Crippen molar-refractivity contribution < 1.29 is 57.9 Å². The molecule has 0 aliphatic carbocycles. The molecular formula is C70H71F3N16O10S4. The van der Waals surface area contributed by atoms with Crippen LogP contribution >= 0.6 is 11.3 Å². The molecule has 9 aromatic heterocycles. The lowest BCUT2D eigenvalue weighted by Gasteiger charge is -2.33. The number of nitrogens with zero attached hydrogens (tertiary/aromatic N) is 12. The Bertz CT molecular complexity index is 5490. The molecule has 0 saturated carbocycles. The van der Waals surface area contributed by atoms with Crippen LogP contribution in [0.4, 0.5) is 19.0 Å². The molecule has 3 amide bonds. The van der Waals surface area contributed by atoms with E-state index in [2.05, 4.69) is 66.5 Å². The Kier molecular flexibility index (Phi) is 22.2. The summed E-state index contributed by atoms with van der Waals surface area (Å²) in [6, 6.07) is 23.7. The molecule has 0 fully saturated rings. The highest BCUT2D eigenvalue weighted by Gasteiger charge is 2.36. The maximum atomic E-state index is 13.5. The third-order valence-electron chi connectivity index (χ3n) is 16.9. The van der Waals surface area contributed by atoms with Gasteiger partial charge in [0.15, 0.2) is 29.7 Å². The van der Waals surface area contributed by atoms with Crippen LogP contribution < -0.4 is 21.3 Å². The zero-order valence-electron chi connectivity index (χ0n) is 57.1. The van der Waals surface area contributed by atoms with Gasteiger partial charge >= 0.3 is 0 Å². The maximum absolute atomic E-state index is 13.5.